The van der Waals surface area contributed by atoms with Crippen LogP contribution in [0.15, 0.2) is 84.0 Å². The molecule has 0 bridgehead atoms. The average molecular weight is 398 g/mol. The molecular formula is C24H22N4O2. The summed E-state index contributed by atoms with van der Waals surface area (Å²) in [5, 5.41) is 4.07. The molecule has 0 aliphatic rings. The number of hydrogen-bond acceptors (Lipinski definition) is 4. The fourth-order valence-corrected chi connectivity index (χ4v) is 3.26. The second-order valence-corrected chi connectivity index (χ2v) is 6.83. The summed E-state index contributed by atoms with van der Waals surface area (Å²) < 4.78 is 7.08. The summed E-state index contributed by atoms with van der Waals surface area (Å²) in [4.78, 5) is 17.3. The molecule has 6 heteroatoms. The number of rotatable bonds is 7. The zero-order chi connectivity index (χ0) is 20.8. The third-order valence-corrected chi connectivity index (χ3v) is 4.76. The van der Waals surface area contributed by atoms with Crippen LogP contribution in [0, 0.1) is 0 Å². The number of carbonyl (C=O) groups is 1. The van der Waals surface area contributed by atoms with Gasteiger partial charge in [0.15, 0.2) is 0 Å². The van der Waals surface area contributed by atoms with Crippen LogP contribution in [-0.2, 0) is 17.8 Å². The van der Waals surface area contributed by atoms with Crippen molar-refractivity contribution >= 4 is 23.2 Å². The molecule has 6 nitrogen and oxygen atoms in total. The van der Waals surface area contributed by atoms with Gasteiger partial charge in [0, 0.05) is 6.42 Å². The topological polar surface area (TPSA) is 68.5 Å². The normalized spacial score (nSPS) is 11.1. The molecule has 0 saturated carbocycles. The average Bonchev–Trinajstić information content (AvgIpc) is 3.12. The van der Waals surface area contributed by atoms with Gasteiger partial charge in [0.1, 0.15) is 18.1 Å². The van der Waals surface area contributed by atoms with Crippen molar-refractivity contribution < 1.29 is 9.53 Å². The Kier molecular flexibility index (Phi) is 5.85. The van der Waals surface area contributed by atoms with Gasteiger partial charge in [0.25, 0.3) is 5.91 Å². The van der Waals surface area contributed by atoms with Gasteiger partial charge in [-0.05, 0) is 47.5 Å². The molecule has 150 valence electrons. The van der Waals surface area contributed by atoms with Gasteiger partial charge in [-0.15, -0.1) is 0 Å². The Morgan fingerprint density at radius 1 is 1.03 bits per heavy atom. The first-order valence-corrected chi connectivity index (χ1v) is 9.67. The number of imidazole rings is 1. The van der Waals surface area contributed by atoms with Crippen LogP contribution < -0.4 is 10.2 Å². The van der Waals surface area contributed by atoms with E-state index >= 15 is 0 Å². The standard InChI is InChI=1S/C24H22N4O2/c1-30-20-13-11-19(12-14-20)16-25-27-24(29)17-28-22-10-6-5-9-21(22)26-23(28)15-18-7-3-2-4-8-18/h2-14,16H,15,17H2,1H3,(H,27,29). The smallest absolute Gasteiger partial charge is 0.260 e. The van der Waals surface area contributed by atoms with Crippen molar-refractivity contribution in [3.63, 3.8) is 0 Å². The SMILES string of the molecule is COc1ccc(C=NNC(=O)Cn2c(Cc3ccccc3)nc3ccccc32)cc1. The molecule has 0 unspecified atom stereocenters. The lowest BCUT2D eigenvalue weighted by molar-refractivity contribution is -0.121. The van der Waals surface area contributed by atoms with E-state index in [1.807, 2.05) is 71.3 Å². The number of hydrogen-bond donors (Lipinski definition) is 1. The van der Waals surface area contributed by atoms with Crippen LogP contribution in [0.5, 0.6) is 5.75 Å². The van der Waals surface area contributed by atoms with E-state index in [1.165, 1.54) is 0 Å². The van der Waals surface area contributed by atoms with Crippen molar-refractivity contribution in [1.82, 2.24) is 15.0 Å². The third-order valence-electron chi connectivity index (χ3n) is 4.76. The van der Waals surface area contributed by atoms with Crippen molar-refractivity contribution in [2.75, 3.05) is 7.11 Å². The molecule has 1 heterocycles. The predicted molar refractivity (Wildman–Crippen MR) is 118 cm³/mol. The highest BCUT2D eigenvalue weighted by atomic mass is 16.5. The van der Waals surface area contributed by atoms with E-state index in [0.29, 0.717) is 6.42 Å². The van der Waals surface area contributed by atoms with Crippen LogP contribution in [0.2, 0.25) is 0 Å². The number of nitrogens with one attached hydrogen (secondary N) is 1. The van der Waals surface area contributed by atoms with Gasteiger partial charge < -0.3 is 9.30 Å². The van der Waals surface area contributed by atoms with Crippen LogP contribution in [0.3, 0.4) is 0 Å². The zero-order valence-corrected chi connectivity index (χ0v) is 16.7. The number of carbonyl (C=O) groups excluding carboxylic acids is 1. The highest BCUT2D eigenvalue weighted by Crippen LogP contribution is 2.18. The fourth-order valence-electron chi connectivity index (χ4n) is 3.26. The quantitative estimate of drug-likeness (QED) is 0.380. The number of benzene rings is 3. The molecule has 0 fully saturated rings. The Labute approximate surface area is 174 Å². The van der Waals surface area contributed by atoms with Crippen LogP contribution in [0.4, 0.5) is 0 Å². The molecule has 4 aromatic rings. The number of methoxy groups -OCH3 is 1. The summed E-state index contributed by atoms with van der Waals surface area (Å²) in [6, 6.07) is 25.4. The van der Waals surface area contributed by atoms with Crippen molar-refractivity contribution in [1.29, 1.82) is 0 Å². The van der Waals surface area contributed by atoms with E-state index in [4.69, 9.17) is 9.72 Å². The molecule has 1 N–H and O–H groups in total. The van der Waals surface area contributed by atoms with E-state index in [0.717, 1.165) is 33.7 Å². The number of aromatic nitrogens is 2. The van der Waals surface area contributed by atoms with Gasteiger partial charge >= 0.3 is 0 Å². The molecule has 30 heavy (non-hydrogen) atoms. The molecule has 0 aliphatic heterocycles. The number of fused-ring (bicyclic) bond motifs is 1. The summed E-state index contributed by atoms with van der Waals surface area (Å²) in [5.41, 5.74) is 6.42. The van der Waals surface area contributed by atoms with Crippen LogP contribution in [0.25, 0.3) is 11.0 Å². The maximum Gasteiger partial charge on any atom is 0.260 e. The summed E-state index contributed by atoms with van der Waals surface area (Å²) in [6.45, 7) is 0.142. The molecule has 3 aromatic carbocycles. The van der Waals surface area contributed by atoms with Crippen molar-refractivity contribution in [2.24, 2.45) is 5.10 Å². The minimum atomic E-state index is -0.211. The van der Waals surface area contributed by atoms with Crippen molar-refractivity contribution in [2.45, 2.75) is 13.0 Å². The van der Waals surface area contributed by atoms with Gasteiger partial charge in [-0.1, -0.05) is 42.5 Å². The molecule has 0 aliphatic carbocycles. The highest BCUT2D eigenvalue weighted by molar-refractivity contribution is 5.84. The highest BCUT2D eigenvalue weighted by Gasteiger charge is 2.13. The fraction of sp³-hybridized carbons (Fsp3) is 0.125. The number of hydrazone groups is 1. The summed E-state index contributed by atoms with van der Waals surface area (Å²) >= 11 is 0. The van der Waals surface area contributed by atoms with Crippen molar-refractivity contribution in [3.8, 4) is 5.75 Å². The van der Waals surface area contributed by atoms with E-state index in [-0.39, 0.29) is 12.5 Å². The van der Waals surface area contributed by atoms with Gasteiger partial charge in [-0.25, -0.2) is 10.4 Å². The largest absolute Gasteiger partial charge is 0.497 e. The monoisotopic (exact) mass is 398 g/mol. The molecule has 0 spiro atoms. The number of ether oxygens (including phenoxy) is 1. The minimum Gasteiger partial charge on any atom is -0.497 e. The number of para-hydroxylation sites is 2. The molecule has 4 rings (SSSR count). The minimum absolute atomic E-state index is 0.142. The van der Waals surface area contributed by atoms with Gasteiger partial charge in [0.05, 0.1) is 24.4 Å². The molecular weight excluding hydrogens is 376 g/mol. The molecule has 0 atom stereocenters. The van der Waals surface area contributed by atoms with E-state index < -0.39 is 0 Å². The maximum atomic E-state index is 12.6. The zero-order valence-electron chi connectivity index (χ0n) is 16.7. The Bertz CT molecular complexity index is 1170. The Morgan fingerprint density at radius 2 is 1.77 bits per heavy atom. The first-order chi connectivity index (χ1) is 14.7. The van der Waals surface area contributed by atoms with Gasteiger partial charge in [-0.2, -0.15) is 5.10 Å². The maximum absolute atomic E-state index is 12.6. The summed E-state index contributed by atoms with van der Waals surface area (Å²) in [6.07, 6.45) is 2.26. The van der Waals surface area contributed by atoms with E-state index in [1.54, 1.807) is 13.3 Å². The molecule has 0 radical (unpaired) electrons. The number of amides is 1. The van der Waals surface area contributed by atoms with Gasteiger partial charge in [-0.3, -0.25) is 4.79 Å². The third kappa shape index (κ3) is 4.55. The second kappa shape index (κ2) is 9.05. The summed E-state index contributed by atoms with van der Waals surface area (Å²) in [5.74, 6) is 1.41. The molecule has 1 aromatic heterocycles. The Balaban J connectivity index is 1.49. The van der Waals surface area contributed by atoms with Gasteiger partial charge in [0.2, 0.25) is 0 Å². The lowest BCUT2D eigenvalue weighted by Gasteiger charge is -2.08. The molecule has 0 saturated heterocycles. The first kappa shape index (κ1) is 19.4. The van der Waals surface area contributed by atoms with Crippen molar-refractivity contribution in [3.05, 3.63) is 95.8 Å². The second-order valence-electron chi connectivity index (χ2n) is 6.83. The Hall–Kier alpha value is -3.93. The van der Waals surface area contributed by atoms with Crippen LogP contribution >= 0.6 is 0 Å². The van der Waals surface area contributed by atoms with E-state index in [2.05, 4.69) is 22.7 Å². The van der Waals surface area contributed by atoms with Crippen LogP contribution in [0.1, 0.15) is 17.0 Å². The predicted octanol–water partition coefficient (Wildman–Crippen LogP) is 3.79. The molecule has 1 amide bonds. The summed E-state index contributed by atoms with van der Waals surface area (Å²) in [7, 11) is 1.62. The van der Waals surface area contributed by atoms with Crippen LogP contribution in [-0.4, -0.2) is 28.8 Å². The lowest BCUT2D eigenvalue weighted by Crippen LogP contribution is -2.24. The first-order valence-electron chi connectivity index (χ1n) is 9.67. The lowest BCUT2D eigenvalue weighted by atomic mass is 10.1. The Morgan fingerprint density at radius 3 is 2.53 bits per heavy atom. The van der Waals surface area contributed by atoms with E-state index in [9.17, 15) is 4.79 Å². The number of nitrogens with zero attached hydrogens (tertiary/aromatic N) is 3.